The number of hydrogen-bond donors (Lipinski definition) is 1. The van der Waals surface area contributed by atoms with E-state index in [0.717, 1.165) is 6.08 Å². The summed E-state index contributed by atoms with van der Waals surface area (Å²) in [6.45, 7) is 1.64. The molecule has 0 aliphatic heterocycles. The van der Waals surface area contributed by atoms with Crippen LogP contribution in [0.25, 0.3) is 0 Å². The molecule has 0 aromatic carbocycles. The number of allylic oxidation sites excluding steroid dienone is 2. The van der Waals surface area contributed by atoms with Crippen LogP contribution in [-0.2, 0) is 11.8 Å². The van der Waals surface area contributed by atoms with Crippen LogP contribution in [0.1, 0.15) is 26.5 Å². The van der Waals surface area contributed by atoms with Gasteiger partial charge in [-0.05, 0) is 6.92 Å². The Morgan fingerprint density at radius 2 is 2.00 bits per heavy atom. The van der Waals surface area contributed by atoms with Crippen molar-refractivity contribution in [1.29, 1.82) is 0 Å². The molecule has 1 aliphatic rings. The number of ketones is 2. The fraction of sp³-hybridized carbons (Fsp3) is 0.273. The molecular weight excluding hydrogens is 210 g/mol. The first-order valence-corrected chi connectivity index (χ1v) is 4.72. The number of rotatable bonds is 1. The second-order valence-corrected chi connectivity index (χ2v) is 3.62. The third-order valence-electron chi connectivity index (χ3n) is 2.82. The molecule has 5 heteroatoms. The Hall–Kier alpha value is -2.04. The zero-order valence-electron chi connectivity index (χ0n) is 9.20. The largest absolute Gasteiger partial charge is 0.505 e. The number of aromatic nitrogens is 1. The van der Waals surface area contributed by atoms with Crippen LogP contribution in [0.4, 0.5) is 0 Å². The van der Waals surface area contributed by atoms with Crippen LogP contribution < -0.4 is 0 Å². The molecule has 0 unspecified atom stereocenters. The van der Waals surface area contributed by atoms with Crippen LogP contribution in [0, 0.1) is 6.92 Å². The van der Waals surface area contributed by atoms with E-state index in [1.54, 1.807) is 14.0 Å². The van der Waals surface area contributed by atoms with E-state index in [4.69, 9.17) is 4.74 Å². The molecule has 0 saturated carbocycles. The first-order valence-electron chi connectivity index (χ1n) is 4.72. The molecule has 0 fully saturated rings. The molecule has 2 rings (SSSR count). The molecule has 1 N–H and O–H groups in total. The average Bonchev–Trinajstić information content (AvgIpc) is 2.49. The van der Waals surface area contributed by atoms with Gasteiger partial charge in [0.2, 0.25) is 11.6 Å². The molecule has 1 aromatic rings. The molecule has 0 spiro atoms. The standard InChI is InChI=1S/C11H11NO4/c1-5-10(14)8-9(12(5)2)6(13)4-7(16-3)11(8)15/h4,14H,1-3H3. The molecule has 0 saturated heterocycles. The van der Waals surface area contributed by atoms with Gasteiger partial charge in [0.15, 0.2) is 5.76 Å². The number of methoxy groups -OCH3 is 1. The van der Waals surface area contributed by atoms with Gasteiger partial charge in [-0.1, -0.05) is 0 Å². The second kappa shape index (κ2) is 3.23. The van der Waals surface area contributed by atoms with E-state index in [2.05, 4.69) is 0 Å². The van der Waals surface area contributed by atoms with Gasteiger partial charge in [0.1, 0.15) is 11.4 Å². The van der Waals surface area contributed by atoms with Crippen LogP contribution in [0.2, 0.25) is 0 Å². The monoisotopic (exact) mass is 221 g/mol. The fourth-order valence-corrected chi connectivity index (χ4v) is 1.82. The van der Waals surface area contributed by atoms with Gasteiger partial charge >= 0.3 is 0 Å². The predicted octanol–water partition coefficient (Wildman–Crippen LogP) is 0.948. The molecule has 1 aromatic heterocycles. The van der Waals surface area contributed by atoms with Gasteiger partial charge in [0.25, 0.3) is 0 Å². The number of aromatic hydroxyl groups is 1. The van der Waals surface area contributed by atoms with Crippen molar-refractivity contribution in [2.24, 2.45) is 7.05 Å². The molecule has 0 bridgehead atoms. The predicted molar refractivity (Wildman–Crippen MR) is 55.6 cm³/mol. The zero-order chi connectivity index (χ0) is 12.0. The summed E-state index contributed by atoms with van der Waals surface area (Å²) < 4.78 is 6.31. The maximum Gasteiger partial charge on any atom is 0.233 e. The van der Waals surface area contributed by atoms with Gasteiger partial charge < -0.3 is 14.4 Å². The topological polar surface area (TPSA) is 68.5 Å². The summed E-state index contributed by atoms with van der Waals surface area (Å²) in [5.74, 6) is -0.993. The lowest BCUT2D eigenvalue weighted by Crippen LogP contribution is -2.19. The van der Waals surface area contributed by atoms with E-state index in [9.17, 15) is 14.7 Å². The van der Waals surface area contributed by atoms with Crippen molar-refractivity contribution in [1.82, 2.24) is 4.57 Å². The molecule has 1 aliphatic carbocycles. The quantitative estimate of drug-likeness (QED) is 0.766. The Bertz CT molecular complexity index is 537. The number of carbonyl (C=O) groups is 2. The molecular formula is C11H11NO4. The number of nitrogens with zero attached hydrogens (tertiary/aromatic N) is 1. The SMILES string of the molecule is COC1=CC(=O)c2c(c(O)c(C)n2C)C1=O. The molecule has 0 atom stereocenters. The van der Waals surface area contributed by atoms with Gasteiger partial charge in [-0.25, -0.2) is 0 Å². The van der Waals surface area contributed by atoms with E-state index in [1.807, 2.05) is 0 Å². The molecule has 1 heterocycles. The van der Waals surface area contributed by atoms with E-state index in [0.29, 0.717) is 5.69 Å². The Morgan fingerprint density at radius 3 is 2.56 bits per heavy atom. The van der Waals surface area contributed by atoms with Gasteiger partial charge in [0.05, 0.1) is 18.4 Å². The number of carbonyl (C=O) groups excluding carboxylic acids is 2. The second-order valence-electron chi connectivity index (χ2n) is 3.62. The highest BCUT2D eigenvalue weighted by atomic mass is 16.5. The van der Waals surface area contributed by atoms with Crippen molar-refractivity contribution >= 4 is 11.6 Å². The molecule has 0 amide bonds. The summed E-state index contributed by atoms with van der Waals surface area (Å²) in [6, 6.07) is 0. The highest BCUT2D eigenvalue weighted by molar-refractivity contribution is 6.24. The minimum Gasteiger partial charge on any atom is -0.505 e. The zero-order valence-corrected chi connectivity index (χ0v) is 9.20. The summed E-state index contributed by atoms with van der Waals surface area (Å²) in [5, 5.41) is 9.79. The van der Waals surface area contributed by atoms with Crippen LogP contribution in [0.15, 0.2) is 11.8 Å². The number of hydrogen-bond acceptors (Lipinski definition) is 4. The average molecular weight is 221 g/mol. The lowest BCUT2D eigenvalue weighted by Gasteiger charge is -2.11. The maximum atomic E-state index is 11.9. The first-order chi connectivity index (χ1) is 7.49. The fourth-order valence-electron chi connectivity index (χ4n) is 1.82. The lowest BCUT2D eigenvalue weighted by molar-refractivity contribution is 0.0911. The summed E-state index contributed by atoms with van der Waals surface area (Å²) in [6.07, 6.45) is 1.14. The van der Waals surface area contributed by atoms with Crippen molar-refractivity contribution in [2.75, 3.05) is 7.11 Å². The Kier molecular flexibility index (Phi) is 2.11. The summed E-state index contributed by atoms with van der Waals surface area (Å²) >= 11 is 0. The van der Waals surface area contributed by atoms with E-state index < -0.39 is 5.78 Å². The Balaban J connectivity index is 2.76. The van der Waals surface area contributed by atoms with Crippen molar-refractivity contribution in [3.63, 3.8) is 0 Å². The van der Waals surface area contributed by atoms with Crippen LogP contribution in [0.3, 0.4) is 0 Å². The minimum atomic E-state index is -0.460. The lowest BCUT2D eigenvalue weighted by atomic mass is 9.99. The van der Waals surface area contributed by atoms with Gasteiger partial charge in [-0.3, -0.25) is 9.59 Å². The summed E-state index contributed by atoms with van der Waals surface area (Å²) in [7, 11) is 2.94. The van der Waals surface area contributed by atoms with Crippen molar-refractivity contribution in [3.8, 4) is 5.75 Å². The van der Waals surface area contributed by atoms with Crippen LogP contribution in [0.5, 0.6) is 5.75 Å². The highest BCUT2D eigenvalue weighted by Gasteiger charge is 2.34. The van der Waals surface area contributed by atoms with Gasteiger partial charge in [0, 0.05) is 13.1 Å². The van der Waals surface area contributed by atoms with Crippen molar-refractivity contribution < 1.29 is 19.4 Å². The molecule has 0 radical (unpaired) electrons. The third-order valence-corrected chi connectivity index (χ3v) is 2.82. The summed E-state index contributed by atoms with van der Waals surface area (Å²) in [4.78, 5) is 23.6. The van der Waals surface area contributed by atoms with Crippen LogP contribution >= 0.6 is 0 Å². The van der Waals surface area contributed by atoms with E-state index >= 15 is 0 Å². The maximum absolute atomic E-state index is 11.9. The number of ether oxygens (including phenoxy) is 1. The van der Waals surface area contributed by atoms with Gasteiger partial charge in [-0.15, -0.1) is 0 Å². The minimum absolute atomic E-state index is 0.0318. The third kappa shape index (κ3) is 1.11. The van der Waals surface area contributed by atoms with Crippen molar-refractivity contribution in [3.05, 3.63) is 28.8 Å². The van der Waals surface area contributed by atoms with E-state index in [-0.39, 0.29) is 28.5 Å². The Morgan fingerprint density at radius 1 is 1.38 bits per heavy atom. The van der Waals surface area contributed by atoms with E-state index in [1.165, 1.54) is 11.7 Å². The van der Waals surface area contributed by atoms with Crippen molar-refractivity contribution in [2.45, 2.75) is 6.92 Å². The summed E-state index contributed by atoms with van der Waals surface area (Å²) in [5.41, 5.74) is 0.725. The first kappa shape index (κ1) is 10.5. The molecule has 16 heavy (non-hydrogen) atoms. The number of fused-ring (bicyclic) bond motifs is 1. The smallest absolute Gasteiger partial charge is 0.233 e. The molecule has 5 nitrogen and oxygen atoms in total. The highest BCUT2D eigenvalue weighted by Crippen LogP contribution is 2.33. The van der Waals surface area contributed by atoms with Gasteiger partial charge in [-0.2, -0.15) is 0 Å². The normalized spacial score (nSPS) is 14.8. The Labute approximate surface area is 91.9 Å². The van der Waals surface area contributed by atoms with Crippen LogP contribution in [-0.4, -0.2) is 28.3 Å². The number of Topliss-reactive ketones (excluding diaryl/α,β-unsaturated/α-hetero) is 1. The molecule has 84 valence electrons.